The quantitative estimate of drug-likeness (QED) is 0.793. The Morgan fingerprint density at radius 3 is 2.56 bits per heavy atom. The van der Waals surface area contributed by atoms with Gasteiger partial charge in [0.15, 0.2) is 17.5 Å². The fourth-order valence-corrected chi connectivity index (χ4v) is 2.88. The van der Waals surface area contributed by atoms with Crippen molar-refractivity contribution in [2.75, 3.05) is 5.32 Å². The van der Waals surface area contributed by atoms with Gasteiger partial charge in [0.2, 0.25) is 5.91 Å². The van der Waals surface area contributed by atoms with Crippen LogP contribution in [0, 0.1) is 11.6 Å². The lowest BCUT2D eigenvalue weighted by molar-refractivity contribution is -0.118. The predicted molar refractivity (Wildman–Crippen MR) is 87.3 cm³/mol. The monoisotopic (exact) mass is 340 g/mol. The van der Waals surface area contributed by atoms with Crippen LogP contribution in [0.5, 0.6) is 0 Å². The van der Waals surface area contributed by atoms with E-state index >= 15 is 0 Å². The molecule has 25 heavy (non-hydrogen) atoms. The minimum atomic E-state index is -0.856. The van der Waals surface area contributed by atoms with Crippen molar-refractivity contribution in [1.29, 1.82) is 0 Å². The highest BCUT2D eigenvalue weighted by molar-refractivity contribution is 6.00. The average molecular weight is 340 g/mol. The molecule has 1 fully saturated rings. The molecule has 1 aliphatic rings. The number of aromatic nitrogens is 3. The molecular weight excluding hydrogens is 326 g/mol. The van der Waals surface area contributed by atoms with Crippen LogP contribution in [0.15, 0.2) is 54.9 Å². The summed E-state index contributed by atoms with van der Waals surface area (Å²) in [5.41, 5.74) is -0.464. The van der Waals surface area contributed by atoms with Crippen molar-refractivity contribution in [3.05, 3.63) is 72.1 Å². The lowest BCUT2D eigenvalue weighted by Crippen LogP contribution is -2.29. The fraction of sp³-hybridized carbons (Fsp3) is 0.167. The number of amides is 1. The molecule has 2 aromatic heterocycles. The standard InChI is InChI=1S/C18H14F2N4O/c19-13-5-2-1-4-12(13)18(8-9-18)17(25)22-15-7-11-24(23-15)16-14(20)6-3-10-21-16/h1-7,10-11H,8-9H2,(H,22,23,25). The smallest absolute Gasteiger partial charge is 0.236 e. The van der Waals surface area contributed by atoms with Crippen LogP contribution in [-0.4, -0.2) is 20.7 Å². The fourth-order valence-electron chi connectivity index (χ4n) is 2.88. The summed E-state index contributed by atoms with van der Waals surface area (Å²) in [5.74, 6) is -0.926. The Hall–Kier alpha value is -3.09. The topological polar surface area (TPSA) is 59.8 Å². The number of benzene rings is 1. The Morgan fingerprint density at radius 1 is 1.08 bits per heavy atom. The van der Waals surface area contributed by atoms with Gasteiger partial charge in [-0.05, 0) is 31.0 Å². The largest absolute Gasteiger partial charge is 0.308 e. The summed E-state index contributed by atoms with van der Waals surface area (Å²) >= 11 is 0. The zero-order chi connectivity index (χ0) is 17.4. The summed E-state index contributed by atoms with van der Waals surface area (Å²) in [6, 6.07) is 10.6. The minimum absolute atomic E-state index is 0.0400. The second kappa shape index (κ2) is 5.77. The van der Waals surface area contributed by atoms with Gasteiger partial charge in [-0.25, -0.2) is 18.4 Å². The number of hydrogen-bond acceptors (Lipinski definition) is 3. The van der Waals surface area contributed by atoms with Gasteiger partial charge < -0.3 is 5.32 Å². The zero-order valence-corrected chi connectivity index (χ0v) is 13.1. The molecule has 0 unspecified atom stereocenters. The van der Waals surface area contributed by atoms with Crippen LogP contribution in [0.2, 0.25) is 0 Å². The van der Waals surface area contributed by atoms with E-state index in [2.05, 4.69) is 15.4 Å². The van der Waals surface area contributed by atoms with Crippen molar-refractivity contribution in [2.24, 2.45) is 0 Å². The molecule has 1 aliphatic carbocycles. The summed E-state index contributed by atoms with van der Waals surface area (Å²) in [7, 11) is 0. The highest BCUT2D eigenvalue weighted by atomic mass is 19.1. The molecule has 0 atom stereocenters. The zero-order valence-electron chi connectivity index (χ0n) is 13.1. The van der Waals surface area contributed by atoms with Gasteiger partial charge in [-0.2, -0.15) is 0 Å². The lowest BCUT2D eigenvalue weighted by Gasteiger charge is -2.15. The van der Waals surface area contributed by atoms with E-state index in [9.17, 15) is 13.6 Å². The first-order valence-electron chi connectivity index (χ1n) is 7.83. The maximum absolute atomic E-state index is 14.0. The molecule has 3 aromatic rings. The van der Waals surface area contributed by atoms with Crippen molar-refractivity contribution in [2.45, 2.75) is 18.3 Å². The maximum atomic E-state index is 14.0. The van der Waals surface area contributed by atoms with Crippen LogP contribution in [0.4, 0.5) is 14.6 Å². The third-order valence-electron chi connectivity index (χ3n) is 4.36. The first-order chi connectivity index (χ1) is 12.1. The van der Waals surface area contributed by atoms with E-state index in [1.54, 1.807) is 24.3 Å². The number of anilines is 1. The van der Waals surface area contributed by atoms with Gasteiger partial charge in [0.05, 0.1) is 5.41 Å². The molecule has 0 radical (unpaired) electrons. The van der Waals surface area contributed by atoms with Crippen LogP contribution < -0.4 is 5.32 Å². The van der Waals surface area contributed by atoms with E-state index in [1.165, 1.54) is 35.3 Å². The average Bonchev–Trinajstić information content (AvgIpc) is 3.29. The highest BCUT2D eigenvalue weighted by Gasteiger charge is 2.52. The van der Waals surface area contributed by atoms with Crippen LogP contribution in [0.3, 0.4) is 0 Å². The number of halogens is 2. The van der Waals surface area contributed by atoms with Crippen molar-refractivity contribution in [1.82, 2.24) is 14.8 Å². The summed E-state index contributed by atoms with van der Waals surface area (Å²) in [6.45, 7) is 0. The van der Waals surface area contributed by atoms with E-state index in [-0.39, 0.29) is 17.5 Å². The van der Waals surface area contributed by atoms with Crippen molar-refractivity contribution in [3.63, 3.8) is 0 Å². The Kier molecular flexibility index (Phi) is 3.56. The maximum Gasteiger partial charge on any atom is 0.236 e. The molecule has 2 heterocycles. The van der Waals surface area contributed by atoms with Gasteiger partial charge in [-0.3, -0.25) is 4.79 Å². The number of rotatable bonds is 4. The van der Waals surface area contributed by atoms with Crippen molar-refractivity contribution < 1.29 is 13.6 Å². The summed E-state index contributed by atoms with van der Waals surface area (Å²) < 4.78 is 29.0. The molecule has 0 bridgehead atoms. The second-order valence-corrected chi connectivity index (χ2v) is 5.97. The summed E-state index contributed by atoms with van der Waals surface area (Å²) in [6.07, 6.45) is 4.12. The van der Waals surface area contributed by atoms with Gasteiger partial charge in [0.25, 0.3) is 0 Å². The molecule has 5 nitrogen and oxygen atoms in total. The van der Waals surface area contributed by atoms with E-state index in [0.717, 1.165) is 0 Å². The Bertz CT molecular complexity index is 950. The molecule has 1 saturated carbocycles. The number of pyridine rings is 1. The molecule has 126 valence electrons. The van der Waals surface area contributed by atoms with Crippen LogP contribution in [0.1, 0.15) is 18.4 Å². The van der Waals surface area contributed by atoms with Gasteiger partial charge in [0.1, 0.15) is 5.82 Å². The van der Waals surface area contributed by atoms with Gasteiger partial charge >= 0.3 is 0 Å². The Morgan fingerprint density at radius 2 is 1.84 bits per heavy atom. The minimum Gasteiger partial charge on any atom is -0.308 e. The molecule has 7 heteroatoms. The van der Waals surface area contributed by atoms with E-state index in [4.69, 9.17) is 0 Å². The molecule has 4 rings (SSSR count). The van der Waals surface area contributed by atoms with Gasteiger partial charge in [-0.15, -0.1) is 5.10 Å². The molecule has 0 saturated heterocycles. The van der Waals surface area contributed by atoms with Gasteiger partial charge in [-0.1, -0.05) is 18.2 Å². The number of nitrogens with one attached hydrogen (secondary N) is 1. The van der Waals surface area contributed by atoms with Crippen molar-refractivity contribution >= 4 is 11.7 Å². The summed E-state index contributed by atoms with van der Waals surface area (Å²) in [5, 5.41) is 6.82. The normalized spacial score (nSPS) is 15.0. The van der Waals surface area contributed by atoms with Crippen LogP contribution in [-0.2, 0) is 10.2 Å². The second-order valence-electron chi connectivity index (χ2n) is 5.97. The van der Waals surface area contributed by atoms with Crippen LogP contribution in [0.25, 0.3) is 5.82 Å². The third kappa shape index (κ3) is 2.67. The Balaban J connectivity index is 1.57. The molecule has 0 spiro atoms. The lowest BCUT2D eigenvalue weighted by atomic mass is 9.94. The molecule has 1 N–H and O–H groups in total. The molecule has 0 aliphatic heterocycles. The number of nitrogens with zero attached hydrogens (tertiary/aromatic N) is 3. The SMILES string of the molecule is O=C(Nc1ccn(-c2ncccc2F)n1)C1(c2ccccc2F)CC1. The Labute approximate surface area is 142 Å². The number of carbonyl (C=O) groups is 1. The van der Waals surface area contributed by atoms with E-state index < -0.39 is 17.0 Å². The third-order valence-corrected chi connectivity index (χ3v) is 4.36. The number of hydrogen-bond donors (Lipinski definition) is 1. The molecule has 1 amide bonds. The molecular formula is C18H14F2N4O. The van der Waals surface area contributed by atoms with Gasteiger partial charge in [0, 0.05) is 24.0 Å². The van der Waals surface area contributed by atoms with E-state index in [0.29, 0.717) is 18.4 Å². The molecule has 1 aromatic carbocycles. The van der Waals surface area contributed by atoms with E-state index in [1.807, 2.05) is 0 Å². The predicted octanol–water partition coefficient (Wildman–Crippen LogP) is 3.22. The first-order valence-corrected chi connectivity index (χ1v) is 7.83. The summed E-state index contributed by atoms with van der Waals surface area (Å²) in [4.78, 5) is 16.6. The first kappa shape index (κ1) is 15.4. The van der Waals surface area contributed by atoms with Crippen molar-refractivity contribution in [3.8, 4) is 5.82 Å². The highest BCUT2D eigenvalue weighted by Crippen LogP contribution is 2.49. The van der Waals surface area contributed by atoms with Crippen LogP contribution >= 0.6 is 0 Å². The number of carbonyl (C=O) groups excluding carboxylic acids is 1.